The largest absolute Gasteiger partial charge is 0.491 e. The molecular formula is C14H15ClN2O3S. The molecule has 0 fully saturated rings. The number of nitrogens with one attached hydrogen (secondary N) is 1. The summed E-state index contributed by atoms with van der Waals surface area (Å²) in [5, 5.41) is 14.6. The summed E-state index contributed by atoms with van der Waals surface area (Å²) in [7, 11) is 0. The van der Waals surface area contributed by atoms with Gasteiger partial charge in [-0.15, -0.1) is 0 Å². The molecule has 2 rings (SSSR count). The summed E-state index contributed by atoms with van der Waals surface area (Å²) < 4.78 is 5.65. The van der Waals surface area contributed by atoms with Crippen LogP contribution in [0.25, 0.3) is 0 Å². The molecule has 0 aliphatic heterocycles. The van der Waals surface area contributed by atoms with Crippen molar-refractivity contribution >= 4 is 33.6 Å². The molecule has 0 aliphatic rings. The Morgan fingerprint density at radius 2 is 2.19 bits per heavy atom. The lowest BCUT2D eigenvalue weighted by molar-refractivity contribution is -0.380. The van der Waals surface area contributed by atoms with Crippen LogP contribution in [0, 0.1) is 10.1 Å². The smallest absolute Gasteiger partial charge is 0.324 e. The Bertz CT molecular complexity index is 630. The van der Waals surface area contributed by atoms with Gasteiger partial charge in [-0.05, 0) is 30.7 Å². The SMILES string of the molecule is CCCOc1ccc(Cl)cc1NCc1ccc([N+](=O)[O-])s1. The molecule has 1 aromatic heterocycles. The number of ether oxygens (including phenoxy) is 1. The van der Waals surface area contributed by atoms with Gasteiger partial charge in [0.2, 0.25) is 0 Å². The molecule has 0 saturated carbocycles. The molecule has 5 nitrogen and oxygen atoms in total. The van der Waals surface area contributed by atoms with Crippen LogP contribution in [0.2, 0.25) is 5.02 Å². The number of nitrogens with zero attached hydrogens (tertiary/aromatic N) is 1. The van der Waals surface area contributed by atoms with Crippen LogP contribution in [0.1, 0.15) is 18.2 Å². The van der Waals surface area contributed by atoms with Gasteiger partial charge in [0.1, 0.15) is 5.75 Å². The maximum Gasteiger partial charge on any atom is 0.324 e. The molecule has 0 aliphatic carbocycles. The molecule has 112 valence electrons. The lowest BCUT2D eigenvalue weighted by Gasteiger charge is -2.12. The molecule has 7 heteroatoms. The van der Waals surface area contributed by atoms with Crippen LogP contribution in [-0.4, -0.2) is 11.5 Å². The van der Waals surface area contributed by atoms with Crippen molar-refractivity contribution in [3.63, 3.8) is 0 Å². The molecule has 1 N–H and O–H groups in total. The zero-order valence-electron chi connectivity index (χ0n) is 11.5. The lowest BCUT2D eigenvalue weighted by Crippen LogP contribution is -2.02. The average Bonchev–Trinajstić information content (AvgIpc) is 2.93. The van der Waals surface area contributed by atoms with E-state index in [-0.39, 0.29) is 9.92 Å². The van der Waals surface area contributed by atoms with Gasteiger partial charge in [0.05, 0.1) is 17.2 Å². The van der Waals surface area contributed by atoms with Crippen molar-refractivity contribution in [2.24, 2.45) is 0 Å². The Morgan fingerprint density at radius 3 is 2.86 bits per heavy atom. The molecule has 0 saturated heterocycles. The molecule has 0 radical (unpaired) electrons. The number of rotatable bonds is 7. The maximum atomic E-state index is 10.7. The normalized spacial score (nSPS) is 10.4. The van der Waals surface area contributed by atoms with Crippen LogP contribution in [0.3, 0.4) is 0 Å². The third-order valence-corrected chi connectivity index (χ3v) is 3.96. The first-order valence-electron chi connectivity index (χ1n) is 6.49. The number of halogens is 1. The number of benzene rings is 1. The van der Waals surface area contributed by atoms with E-state index in [2.05, 4.69) is 5.32 Å². The van der Waals surface area contributed by atoms with Crippen molar-refractivity contribution in [2.45, 2.75) is 19.9 Å². The molecule has 21 heavy (non-hydrogen) atoms. The molecule has 1 aromatic carbocycles. The predicted octanol–water partition coefficient (Wildman–Crippen LogP) is 4.71. The minimum Gasteiger partial charge on any atom is -0.491 e. The highest BCUT2D eigenvalue weighted by Crippen LogP contribution is 2.30. The fraction of sp³-hybridized carbons (Fsp3) is 0.286. The Morgan fingerprint density at radius 1 is 1.38 bits per heavy atom. The van der Waals surface area contributed by atoms with Crippen molar-refractivity contribution in [1.82, 2.24) is 0 Å². The Kier molecular flexibility index (Phi) is 5.41. The van der Waals surface area contributed by atoms with E-state index < -0.39 is 0 Å². The van der Waals surface area contributed by atoms with Crippen molar-refractivity contribution in [2.75, 3.05) is 11.9 Å². The Hall–Kier alpha value is -1.79. The molecule has 2 aromatic rings. The van der Waals surface area contributed by atoms with Gasteiger partial charge < -0.3 is 10.1 Å². The highest BCUT2D eigenvalue weighted by molar-refractivity contribution is 7.15. The highest BCUT2D eigenvalue weighted by Gasteiger charge is 2.10. The second-order valence-electron chi connectivity index (χ2n) is 4.34. The number of thiophene rings is 1. The van der Waals surface area contributed by atoms with Gasteiger partial charge in [-0.2, -0.15) is 0 Å². The van der Waals surface area contributed by atoms with Crippen molar-refractivity contribution in [3.05, 3.63) is 50.3 Å². The summed E-state index contributed by atoms with van der Waals surface area (Å²) in [5.41, 5.74) is 0.784. The average molecular weight is 327 g/mol. The van der Waals surface area contributed by atoms with Crippen molar-refractivity contribution in [1.29, 1.82) is 0 Å². The van der Waals surface area contributed by atoms with Crippen LogP contribution >= 0.6 is 22.9 Å². The quantitative estimate of drug-likeness (QED) is 0.591. The van der Waals surface area contributed by atoms with E-state index in [0.717, 1.165) is 34.1 Å². The van der Waals surface area contributed by atoms with Crippen LogP contribution in [0.4, 0.5) is 10.7 Å². The monoisotopic (exact) mass is 326 g/mol. The van der Waals surface area contributed by atoms with Gasteiger partial charge in [0.15, 0.2) is 0 Å². The summed E-state index contributed by atoms with van der Waals surface area (Å²) in [4.78, 5) is 11.2. The second kappa shape index (κ2) is 7.28. The Balaban J connectivity index is 2.07. The van der Waals surface area contributed by atoms with E-state index in [0.29, 0.717) is 18.2 Å². The van der Waals surface area contributed by atoms with Gasteiger partial charge in [-0.25, -0.2) is 0 Å². The van der Waals surface area contributed by atoms with Crippen molar-refractivity contribution < 1.29 is 9.66 Å². The molecule has 0 bridgehead atoms. The standard InChI is InChI=1S/C14H15ClN2O3S/c1-2-7-20-13-5-3-10(15)8-12(13)16-9-11-4-6-14(21-11)17(18)19/h3-6,8,16H,2,7,9H2,1H3. The van der Waals surface area contributed by atoms with Gasteiger partial charge in [-0.1, -0.05) is 29.9 Å². The van der Waals surface area contributed by atoms with Gasteiger partial charge >= 0.3 is 5.00 Å². The van der Waals surface area contributed by atoms with E-state index in [4.69, 9.17) is 16.3 Å². The second-order valence-corrected chi connectivity index (χ2v) is 5.92. The van der Waals surface area contributed by atoms with Crippen molar-refractivity contribution in [3.8, 4) is 5.75 Å². The van der Waals surface area contributed by atoms with E-state index in [1.807, 2.05) is 13.0 Å². The van der Waals surface area contributed by atoms with Crippen LogP contribution in [-0.2, 0) is 6.54 Å². The van der Waals surface area contributed by atoms with Gasteiger partial charge in [-0.3, -0.25) is 10.1 Å². The van der Waals surface area contributed by atoms with E-state index in [9.17, 15) is 10.1 Å². The molecular weight excluding hydrogens is 312 g/mol. The lowest BCUT2D eigenvalue weighted by atomic mass is 10.3. The minimum atomic E-state index is -0.386. The molecule has 0 unspecified atom stereocenters. The maximum absolute atomic E-state index is 10.7. The fourth-order valence-electron chi connectivity index (χ4n) is 1.72. The zero-order valence-corrected chi connectivity index (χ0v) is 13.0. The topological polar surface area (TPSA) is 64.4 Å². The first kappa shape index (κ1) is 15.6. The highest BCUT2D eigenvalue weighted by atomic mass is 35.5. The summed E-state index contributed by atoms with van der Waals surface area (Å²) in [6.07, 6.45) is 0.916. The molecule has 1 heterocycles. The minimum absolute atomic E-state index is 0.139. The van der Waals surface area contributed by atoms with Crippen LogP contribution in [0.5, 0.6) is 5.75 Å². The summed E-state index contributed by atoms with van der Waals surface area (Å²) >= 11 is 7.15. The number of hydrogen-bond acceptors (Lipinski definition) is 5. The predicted molar refractivity (Wildman–Crippen MR) is 85.5 cm³/mol. The number of hydrogen-bond donors (Lipinski definition) is 1. The van der Waals surface area contributed by atoms with Crippen LogP contribution < -0.4 is 10.1 Å². The van der Waals surface area contributed by atoms with Gasteiger partial charge in [0, 0.05) is 22.5 Å². The van der Waals surface area contributed by atoms with Gasteiger partial charge in [0.25, 0.3) is 0 Å². The van der Waals surface area contributed by atoms with Crippen LogP contribution in [0.15, 0.2) is 30.3 Å². The zero-order chi connectivity index (χ0) is 15.2. The molecule has 0 spiro atoms. The number of anilines is 1. The Labute approximate surface area is 131 Å². The van der Waals surface area contributed by atoms with E-state index >= 15 is 0 Å². The number of nitro groups is 1. The summed E-state index contributed by atoms with van der Waals surface area (Å²) in [5.74, 6) is 0.729. The molecule has 0 amide bonds. The first-order valence-corrected chi connectivity index (χ1v) is 7.69. The summed E-state index contributed by atoms with van der Waals surface area (Å²) in [6.45, 7) is 3.15. The van der Waals surface area contributed by atoms with E-state index in [1.54, 1.807) is 18.2 Å². The summed E-state index contributed by atoms with van der Waals surface area (Å²) in [6, 6.07) is 8.63. The van der Waals surface area contributed by atoms with E-state index in [1.165, 1.54) is 6.07 Å². The fourth-order valence-corrected chi connectivity index (χ4v) is 2.65. The molecule has 0 atom stereocenters. The first-order chi connectivity index (χ1) is 10.1. The third-order valence-electron chi connectivity index (χ3n) is 2.68. The third kappa shape index (κ3) is 4.34.